The van der Waals surface area contributed by atoms with Crippen molar-refractivity contribution >= 4 is 12.2 Å². The second-order valence-electron chi connectivity index (χ2n) is 6.57. The Kier molecular flexibility index (Phi) is 5.11. The highest BCUT2D eigenvalue weighted by Crippen LogP contribution is 2.37. The van der Waals surface area contributed by atoms with Crippen LogP contribution >= 0.6 is 0 Å². The number of hydrogen-bond acceptors (Lipinski definition) is 5. The van der Waals surface area contributed by atoms with Gasteiger partial charge in [0.2, 0.25) is 5.88 Å². The molecule has 2 heterocycles. The van der Waals surface area contributed by atoms with E-state index in [0.29, 0.717) is 24.0 Å². The first kappa shape index (κ1) is 17.5. The fourth-order valence-electron chi connectivity index (χ4n) is 1.86. The van der Waals surface area contributed by atoms with Crippen LogP contribution in [-0.4, -0.2) is 33.8 Å². The first-order valence-electron chi connectivity index (χ1n) is 7.64. The smallest absolute Gasteiger partial charge is 0.312 e. The van der Waals surface area contributed by atoms with Gasteiger partial charge in [-0.25, -0.2) is 4.68 Å². The summed E-state index contributed by atoms with van der Waals surface area (Å²) in [6.45, 7) is 9.64. The van der Waals surface area contributed by atoms with Gasteiger partial charge in [0.05, 0.1) is 23.8 Å². The van der Waals surface area contributed by atoms with E-state index in [1.165, 1.54) is 4.68 Å². The predicted molar refractivity (Wildman–Crippen MR) is 83.7 cm³/mol. The Balaban J connectivity index is 2.24. The molecule has 1 N–H and O–H groups in total. The van der Waals surface area contributed by atoms with Crippen molar-refractivity contribution in [1.82, 2.24) is 9.78 Å². The molecule has 1 aromatic rings. The average Bonchev–Trinajstić information content (AvgIpc) is 2.81. The third-order valence-electron chi connectivity index (χ3n) is 3.40. The van der Waals surface area contributed by atoms with Gasteiger partial charge in [-0.1, -0.05) is 13.8 Å². The lowest BCUT2D eigenvalue weighted by molar-refractivity contribution is -0.382. The van der Waals surface area contributed by atoms with E-state index >= 15 is 0 Å². The summed E-state index contributed by atoms with van der Waals surface area (Å²) in [6, 6.07) is 0. The Labute approximate surface area is 135 Å². The molecule has 7 nitrogen and oxygen atoms in total. The van der Waals surface area contributed by atoms with E-state index in [-0.39, 0.29) is 6.29 Å². The second kappa shape index (κ2) is 6.72. The van der Waals surface area contributed by atoms with Crippen LogP contribution in [0.25, 0.3) is 6.20 Å². The number of carbonyl (C=O) groups is 1. The molecule has 0 amide bonds. The van der Waals surface area contributed by atoms with E-state index in [1.54, 1.807) is 32.3 Å². The minimum absolute atomic E-state index is 0.247. The van der Waals surface area contributed by atoms with Crippen LogP contribution in [0.3, 0.4) is 0 Å². The fraction of sp³-hybridized carbons (Fsp3) is 0.625. The number of nitrogens with zero attached hydrogens (tertiary/aromatic N) is 2. The number of aliphatic carboxylic acids is 1. The normalized spacial score (nSPS) is 21.7. The van der Waals surface area contributed by atoms with E-state index in [4.69, 9.17) is 14.2 Å². The van der Waals surface area contributed by atoms with E-state index < -0.39 is 17.7 Å². The highest BCUT2D eigenvalue weighted by molar-refractivity contribution is 5.76. The van der Waals surface area contributed by atoms with Crippen LogP contribution < -0.4 is 4.74 Å². The van der Waals surface area contributed by atoms with E-state index in [9.17, 15) is 9.90 Å². The molecule has 0 atom stereocenters. The van der Waals surface area contributed by atoms with Gasteiger partial charge in [-0.15, -0.1) is 0 Å². The summed E-state index contributed by atoms with van der Waals surface area (Å²) in [5.41, 5.74) is -0.305. The monoisotopic (exact) mass is 324 g/mol. The van der Waals surface area contributed by atoms with Crippen LogP contribution in [0.1, 0.15) is 46.5 Å². The Morgan fingerprint density at radius 1 is 1.52 bits per heavy atom. The number of carboxylic acid groups (broad SMARTS) is 1. The van der Waals surface area contributed by atoms with Gasteiger partial charge in [0.1, 0.15) is 0 Å². The molecule has 128 valence electrons. The molecule has 0 saturated carbocycles. The lowest BCUT2D eigenvalue weighted by Crippen LogP contribution is -2.31. The summed E-state index contributed by atoms with van der Waals surface area (Å²) in [5.74, 6) is -0.0638. The van der Waals surface area contributed by atoms with Gasteiger partial charge in [-0.2, -0.15) is 5.10 Å². The van der Waals surface area contributed by atoms with Crippen LogP contribution in [0, 0.1) is 11.3 Å². The summed E-state index contributed by atoms with van der Waals surface area (Å²) in [5, 5.41) is 13.4. The Morgan fingerprint density at radius 2 is 2.17 bits per heavy atom. The van der Waals surface area contributed by atoms with Crippen LogP contribution in [0.15, 0.2) is 12.3 Å². The van der Waals surface area contributed by atoms with Gasteiger partial charge < -0.3 is 19.3 Å². The largest absolute Gasteiger partial charge is 0.481 e. The van der Waals surface area contributed by atoms with Crippen molar-refractivity contribution in [1.29, 1.82) is 0 Å². The minimum Gasteiger partial charge on any atom is -0.481 e. The highest BCUT2D eigenvalue weighted by Gasteiger charge is 2.33. The number of aromatic nitrogens is 2. The number of carboxylic acids is 1. The van der Waals surface area contributed by atoms with Gasteiger partial charge in [0.15, 0.2) is 12.6 Å². The van der Waals surface area contributed by atoms with Crippen LogP contribution in [0.4, 0.5) is 0 Å². The van der Waals surface area contributed by atoms with Gasteiger partial charge in [-0.3, -0.25) is 4.79 Å². The molecule has 0 radical (unpaired) electrons. The Hall–Kier alpha value is -1.86. The van der Waals surface area contributed by atoms with Gasteiger partial charge in [-0.05, 0) is 32.8 Å². The standard InChI is InChI=1S/C16H24N2O5/c1-10(2)9-21-13-12(14-22-11(3)23-14)8-17-18(13)7-6-16(4,5)15(19)20/h6-8,10-11,14H,9H2,1-5H3,(H,19,20)/b7-6+. The maximum atomic E-state index is 11.2. The zero-order valence-electron chi connectivity index (χ0n) is 14.1. The second-order valence-corrected chi connectivity index (χ2v) is 6.57. The predicted octanol–water partition coefficient (Wildman–Crippen LogP) is 2.89. The lowest BCUT2D eigenvalue weighted by atomic mass is 9.94. The molecular formula is C16H24N2O5. The molecule has 23 heavy (non-hydrogen) atoms. The molecule has 0 spiro atoms. The van der Waals surface area contributed by atoms with E-state index in [1.807, 2.05) is 20.8 Å². The molecule has 1 aliphatic rings. The summed E-state index contributed by atoms with van der Waals surface area (Å²) >= 11 is 0. The molecule has 2 rings (SSSR count). The first-order chi connectivity index (χ1) is 10.7. The van der Waals surface area contributed by atoms with E-state index in [2.05, 4.69) is 5.10 Å². The number of rotatable bonds is 7. The van der Waals surface area contributed by atoms with Crippen molar-refractivity contribution in [3.8, 4) is 5.88 Å². The minimum atomic E-state index is -1.00. The number of ether oxygens (including phenoxy) is 3. The van der Waals surface area contributed by atoms with E-state index in [0.717, 1.165) is 0 Å². The van der Waals surface area contributed by atoms with Gasteiger partial charge in [0.25, 0.3) is 0 Å². The van der Waals surface area contributed by atoms with Crippen molar-refractivity contribution < 1.29 is 24.1 Å². The van der Waals surface area contributed by atoms with Crippen molar-refractivity contribution in [3.63, 3.8) is 0 Å². The maximum Gasteiger partial charge on any atom is 0.312 e. The Morgan fingerprint density at radius 3 is 2.70 bits per heavy atom. The molecule has 0 aromatic carbocycles. The summed E-state index contributed by atoms with van der Waals surface area (Å²) in [7, 11) is 0. The van der Waals surface area contributed by atoms with Gasteiger partial charge >= 0.3 is 5.97 Å². The van der Waals surface area contributed by atoms with Crippen molar-refractivity contribution in [2.45, 2.75) is 47.2 Å². The maximum absolute atomic E-state index is 11.2. The molecular weight excluding hydrogens is 300 g/mol. The molecule has 0 unspecified atom stereocenters. The van der Waals surface area contributed by atoms with Crippen LogP contribution in [0.5, 0.6) is 5.88 Å². The van der Waals surface area contributed by atoms with Crippen molar-refractivity contribution in [3.05, 3.63) is 17.8 Å². The third-order valence-corrected chi connectivity index (χ3v) is 3.40. The zero-order valence-corrected chi connectivity index (χ0v) is 14.1. The number of hydrogen-bond donors (Lipinski definition) is 1. The quantitative estimate of drug-likeness (QED) is 0.830. The molecule has 1 aliphatic heterocycles. The SMILES string of the molecule is CC(C)COc1c(C2OC(C)O2)cnn1/C=C/C(C)(C)C(=O)O. The molecule has 0 aliphatic carbocycles. The third kappa shape index (κ3) is 4.11. The highest BCUT2D eigenvalue weighted by atomic mass is 16.9. The first-order valence-corrected chi connectivity index (χ1v) is 7.64. The fourth-order valence-corrected chi connectivity index (χ4v) is 1.86. The zero-order chi connectivity index (χ0) is 17.2. The molecule has 1 saturated heterocycles. The topological polar surface area (TPSA) is 82.8 Å². The summed E-state index contributed by atoms with van der Waals surface area (Å²) in [4.78, 5) is 11.2. The van der Waals surface area contributed by atoms with Crippen LogP contribution in [0.2, 0.25) is 0 Å². The Bertz CT molecular complexity index is 585. The summed E-state index contributed by atoms with van der Waals surface area (Å²) in [6.07, 6.45) is 4.03. The van der Waals surface area contributed by atoms with Crippen LogP contribution in [-0.2, 0) is 14.3 Å². The molecule has 1 fully saturated rings. The van der Waals surface area contributed by atoms with Crippen molar-refractivity contribution in [2.24, 2.45) is 11.3 Å². The van der Waals surface area contributed by atoms with Gasteiger partial charge in [0, 0.05) is 6.20 Å². The molecule has 1 aromatic heterocycles. The molecule has 7 heteroatoms. The molecule has 0 bridgehead atoms. The summed E-state index contributed by atoms with van der Waals surface area (Å²) < 4.78 is 18.3. The van der Waals surface area contributed by atoms with Crippen molar-refractivity contribution in [2.75, 3.05) is 6.61 Å². The lowest BCUT2D eigenvalue weighted by Gasteiger charge is -2.33. The average molecular weight is 324 g/mol.